The number of anilines is 1. The molecule has 2 N–H and O–H groups in total. The molecule has 0 radical (unpaired) electrons. The zero-order valence-corrected chi connectivity index (χ0v) is 11.1. The number of aliphatic hydroxyl groups excluding tert-OH is 1. The molecule has 0 spiro atoms. The van der Waals surface area contributed by atoms with Crippen LogP contribution in [0.25, 0.3) is 0 Å². The minimum absolute atomic E-state index is 0.0273. The summed E-state index contributed by atoms with van der Waals surface area (Å²) in [6.07, 6.45) is 0.211. The highest BCUT2D eigenvalue weighted by Crippen LogP contribution is 2.25. The van der Waals surface area contributed by atoms with Gasteiger partial charge in [-0.25, -0.2) is 13.8 Å². The summed E-state index contributed by atoms with van der Waals surface area (Å²) in [7, 11) is 0. The van der Waals surface area contributed by atoms with Crippen molar-refractivity contribution in [2.75, 3.05) is 5.32 Å². The van der Waals surface area contributed by atoms with Crippen LogP contribution < -0.4 is 5.32 Å². The van der Waals surface area contributed by atoms with Crippen molar-refractivity contribution in [3.05, 3.63) is 10.3 Å². The van der Waals surface area contributed by atoms with Gasteiger partial charge in [-0.3, -0.25) is 0 Å². The maximum absolute atomic E-state index is 12.6. The number of rotatable bonds is 3. The van der Waals surface area contributed by atoms with E-state index in [1.165, 1.54) is 0 Å². The van der Waals surface area contributed by atoms with Crippen LogP contribution in [0.3, 0.4) is 0 Å². The third-order valence-electron chi connectivity index (χ3n) is 2.92. The SMILES string of the molecule is O[C@@H]1CCCC[C@H]1Nc1nnc(Br)c(C(F)F)n1. The molecule has 1 aromatic heterocycles. The molecule has 8 heteroatoms. The summed E-state index contributed by atoms with van der Waals surface area (Å²) >= 11 is 2.87. The van der Waals surface area contributed by atoms with Crippen LogP contribution in [0.5, 0.6) is 0 Å². The van der Waals surface area contributed by atoms with Crippen molar-refractivity contribution in [3.8, 4) is 0 Å². The van der Waals surface area contributed by atoms with Crippen LogP contribution in [0.15, 0.2) is 4.60 Å². The van der Waals surface area contributed by atoms with Gasteiger partial charge in [-0.1, -0.05) is 12.8 Å². The third kappa shape index (κ3) is 3.11. The summed E-state index contributed by atoms with van der Waals surface area (Å²) in [4.78, 5) is 3.71. The fraction of sp³-hybridized carbons (Fsp3) is 0.700. The standard InChI is InChI=1S/C10H13BrF2N4O/c11-8-7(9(12)13)15-10(17-16-8)14-5-3-1-2-4-6(5)18/h5-6,9,18H,1-4H2,(H,14,15,17)/t5-,6-/m1/s1. The van der Waals surface area contributed by atoms with E-state index in [0.717, 1.165) is 19.3 Å². The van der Waals surface area contributed by atoms with Crippen LogP contribution in [-0.4, -0.2) is 32.4 Å². The topological polar surface area (TPSA) is 70.9 Å². The summed E-state index contributed by atoms with van der Waals surface area (Å²) in [5.41, 5.74) is -0.446. The van der Waals surface area contributed by atoms with Crippen LogP contribution >= 0.6 is 15.9 Å². The van der Waals surface area contributed by atoms with Crippen molar-refractivity contribution >= 4 is 21.9 Å². The van der Waals surface area contributed by atoms with Gasteiger partial charge in [0.2, 0.25) is 5.95 Å². The second kappa shape index (κ2) is 5.83. The number of aromatic nitrogens is 3. The molecular weight excluding hydrogens is 310 g/mol. The molecule has 0 bridgehead atoms. The minimum atomic E-state index is -2.72. The van der Waals surface area contributed by atoms with Crippen molar-refractivity contribution in [1.29, 1.82) is 0 Å². The molecule has 1 aliphatic rings. The number of alkyl halides is 2. The second-order valence-corrected chi connectivity index (χ2v) is 4.97. The molecule has 1 fully saturated rings. The van der Waals surface area contributed by atoms with Crippen molar-refractivity contribution in [2.45, 2.75) is 44.3 Å². The van der Waals surface area contributed by atoms with Crippen LogP contribution in [0, 0.1) is 0 Å². The highest BCUT2D eigenvalue weighted by atomic mass is 79.9. The molecule has 0 aliphatic heterocycles. The Balaban J connectivity index is 2.11. The zero-order chi connectivity index (χ0) is 13.1. The molecule has 1 saturated carbocycles. The fourth-order valence-corrected chi connectivity index (χ4v) is 2.31. The zero-order valence-electron chi connectivity index (χ0n) is 9.48. The van der Waals surface area contributed by atoms with Gasteiger partial charge in [-0.15, -0.1) is 10.2 Å². The predicted molar refractivity (Wildman–Crippen MR) is 64.4 cm³/mol. The van der Waals surface area contributed by atoms with E-state index in [4.69, 9.17) is 0 Å². The first kappa shape index (κ1) is 13.5. The van der Waals surface area contributed by atoms with Crippen LogP contribution in [0.2, 0.25) is 0 Å². The second-order valence-electron chi connectivity index (χ2n) is 4.21. The average Bonchev–Trinajstić information content (AvgIpc) is 2.34. The van der Waals surface area contributed by atoms with E-state index in [1.54, 1.807) is 0 Å². The maximum Gasteiger partial charge on any atom is 0.283 e. The molecule has 2 rings (SSSR count). The monoisotopic (exact) mass is 322 g/mol. The lowest BCUT2D eigenvalue weighted by molar-refractivity contribution is 0.116. The van der Waals surface area contributed by atoms with E-state index in [2.05, 4.69) is 36.4 Å². The number of nitrogens with zero attached hydrogens (tertiary/aromatic N) is 3. The van der Waals surface area contributed by atoms with Gasteiger partial charge in [0.15, 0.2) is 4.60 Å². The summed E-state index contributed by atoms with van der Waals surface area (Å²) in [5, 5.41) is 19.9. The maximum atomic E-state index is 12.6. The molecule has 100 valence electrons. The van der Waals surface area contributed by atoms with Gasteiger partial charge in [0, 0.05) is 0 Å². The van der Waals surface area contributed by atoms with Crippen molar-refractivity contribution in [2.24, 2.45) is 0 Å². The molecule has 1 heterocycles. The molecule has 1 aliphatic carbocycles. The molecule has 0 aromatic carbocycles. The summed E-state index contributed by atoms with van der Waals surface area (Å²) in [6.45, 7) is 0. The quantitative estimate of drug-likeness (QED) is 0.893. The Morgan fingerprint density at radius 1 is 1.28 bits per heavy atom. The number of nitrogens with one attached hydrogen (secondary N) is 1. The van der Waals surface area contributed by atoms with Crippen LogP contribution in [-0.2, 0) is 0 Å². The number of halogens is 3. The largest absolute Gasteiger partial charge is 0.391 e. The van der Waals surface area contributed by atoms with Gasteiger partial charge in [0.1, 0.15) is 5.69 Å². The van der Waals surface area contributed by atoms with Crippen molar-refractivity contribution in [3.63, 3.8) is 0 Å². The first-order valence-corrected chi connectivity index (χ1v) is 6.50. The first-order valence-electron chi connectivity index (χ1n) is 5.71. The van der Waals surface area contributed by atoms with E-state index in [1.807, 2.05) is 0 Å². The third-order valence-corrected chi connectivity index (χ3v) is 3.49. The first-order chi connectivity index (χ1) is 8.58. The van der Waals surface area contributed by atoms with Gasteiger partial charge < -0.3 is 10.4 Å². The molecule has 0 amide bonds. The Kier molecular flexibility index (Phi) is 4.39. The molecular formula is C10H13BrF2N4O. The van der Waals surface area contributed by atoms with E-state index < -0.39 is 18.2 Å². The van der Waals surface area contributed by atoms with Crippen LogP contribution in [0.4, 0.5) is 14.7 Å². The Labute approximate surface area is 111 Å². The number of hydrogen-bond donors (Lipinski definition) is 2. The van der Waals surface area contributed by atoms with Crippen molar-refractivity contribution < 1.29 is 13.9 Å². The fourth-order valence-electron chi connectivity index (χ4n) is 1.97. The Morgan fingerprint density at radius 3 is 2.67 bits per heavy atom. The van der Waals surface area contributed by atoms with Gasteiger partial charge >= 0.3 is 0 Å². The van der Waals surface area contributed by atoms with Gasteiger partial charge in [-0.2, -0.15) is 0 Å². The van der Waals surface area contributed by atoms with Gasteiger partial charge in [0.25, 0.3) is 6.43 Å². The van der Waals surface area contributed by atoms with E-state index in [0.29, 0.717) is 6.42 Å². The Hall–Kier alpha value is -0.890. The normalized spacial score (nSPS) is 24.3. The van der Waals surface area contributed by atoms with E-state index in [9.17, 15) is 13.9 Å². The summed E-state index contributed by atoms with van der Waals surface area (Å²) < 4.78 is 25.2. The van der Waals surface area contributed by atoms with Crippen LogP contribution in [0.1, 0.15) is 37.8 Å². The lowest BCUT2D eigenvalue weighted by Gasteiger charge is -2.28. The smallest absolute Gasteiger partial charge is 0.283 e. The Bertz CT molecular complexity index is 421. The van der Waals surface area contributed by atoms with E-state index in [-0.39, 0.29) is 16.6 Å². The van der Waals surface area contributed by atoms with Gasteiger partial charge in [-0.05, 0) is 28.8 Å². The lowest BCUT2D eigenvalue weighted by atomic mass is 9.93. The molecule has 0 unspecified atom stereocenters. The highest BCUT2D eigenvalue weighted by molar-refractivity contribution is 9.10. The van der Waals surface area contributed by atoms with Gasteiger partial charge in [0.05, 0.1) is 12.1 Å². The summed E-state index contributed by atoms with van der Waals surface area (Å²) in [5.74, 6) is 0.0273. The molecule has 5 nitrogen and oxygen atoms in total. The molecule has 18 heavy (non-hydrogen) atoms. The lowest BCUT2D eigenvalue weighted by Crippen LogP contribution is -2.37. The number of aliphatic hydroxyl groups is 1. The molecule has 0 saturated heterocycles. The minimum Gasteiger partial charge on any atom is -0.391 e. The Morgan fingerprint density at radius 2 is 2.00 bits per heavy atom. The summed E-state index contributed by atoms with van der Waals surface area (Å²) in [6, 6.07) is -0.202. The molecule has 2 atom stereocenters. The average molecular weight is 323 g/mol. The van der Waals surface area contributed by atoms with Crippen molar-refractivity contribution in [1.82, 2.24) is 15.2 Å². The predicted octanol–water partition coefficient (Wildman–Crippen LogP) is 2.29. The number of hydrogen-bond acceptors (Lipinski definition) is 5. The highest BCUT2D eigenvalue weighted by Gasteiger charge is 2.24. The van der Waals surface area contributed by atoms with E-state index >= 15 is 0 Å². The molecule has 1 aromatic rings.